The molecule has 0 bridgehead atoms. The van der Waals surface area contributed by atoms with E-state index < -0.39 is 5.54 Å². The van der Waals surface area contributed by atoms with Gasteiger partial charge >= 0.3 is 0 Å². The third-order valence-electron chi connectivity index (χ3n) is 7.65. The molecule has 1 amide bonds. The van der Waals surface area contributed by atoms with Gasteiger partial charge in [0.05, 0.1) is 6.10 Å². The van der Waals surface area contributed by atoms with E-state index in [0.29, 0.717) is 11.1 Å². The van der Waals surface area contributed by atoms with Gasteiger partial charge in [-0.1, -0.05) is 23.7 Å². The maximum absolute atomic E-state index is 14.1. The number of carbonyl (C=O) groups excluding carboxylic acids is 1. The summed E-state index contributed by atoms with van der Waals surface area (Å²) in [6.07, 6.45) is 6.36. The number of halogens is 1. The number of rotatable bonds is 3. The van der Waals surface area contributed by atoms with Crippen molar-refractivity contribution in [3.8, 4) is 11.1 Å². The van der Waals surface area contributed by atoms with Crippen LogP contribution in [0.5, 0.6) is 0 Å². The highest BCUT2D eigenvalue weighted by Gasteiger charge is 2.66. The van der Waals surface area contributed by atoms with Crippen LogP contribution in [0, 0.1) is 5.41 Å². The number of nitrogens with zero attached hydrogens (tertiary/aromatic N) is 3. The van der Waals surface area contributed by atoms with Crippen LogP contribution in [0.15, 0.2) is 41.5 Å². The third kappa shape index (κ3) is 2.92. The van der Waals surface area contributed by atoms with E-state index in [0.717, 1.165) is 48.8 Å². The molecule has 1 fully saturated rings. The first-order valence-electron chi connectivity index (χ1n) is 11.3. The van der Waals surface area contributed by atoms with E-state index in [4.69, 9.17) is 27.1 Å². The van der Waals surface area contributed by atoms with Crippen molar-refractivity contribution in [3.63, 3.8) is 0 Å². The molecule has 1 aliphatic heterocycles. The summed E-state index contributed by atoms with van der Waals surface area (Å²) in [6, 6.07) is 10.1. The Hall–Kier alpha value is -2.44. The molecule has 2 aromatic rings. The molecular weight excluding hydrogens is 424 g/mol. The summed E-state index contributed by atoms with van der Waals surface area (Å²) < 4.78 is 5.64. The van der Waals surface area contributed by atoms with Crippen molar-refractivity contribution in [3.05, 3.63) is 52.8 Å². The first-order valence-corrected chi connectivity index (χ1v) is 11.7. The second-order valence-electron chi connectivity index (χ2n) is 9.58. The van der Waals surface area contributed by atoms with Crippen molar-refractivity contribution in [1.29, 1.82) is 0 Å². The normalized spacial score (nSPS) is 29.3. The number of benzene rings is 1. The number of amides is 1. The summed E-state index contributed by atoms with van der Waals surface area (Å²) in [4.78, 5) is 24.9. The van der Waals surface area contributed by atoms with Gasteiger partial charge in [-0.05, 0) is 86.4 Å². The zero-order valence-corrected chi connectivity index (χ0v) is 19.5. The fraction of sp³-hybridized carbons (Fsp3) is 0.480. The molecule has 2 N–H and O–H groups in total. The van der Waals surface area contributed by atoms with Crippen molar-refractivity contribution in [1.82, 2.24) is 9.88 Å². The Kier molecular flexibility index (Phi) is 5.06. The number of nitrogens with two attached hydrogens (primary N) is 1. The first kappa shape index (κ1) is 21.4. The molecule has 2 aliphatic carbocycles. The average Bonchev–Trinajstić information content (AvgIpc) is 3.20. The van der Waals surface area contributed by atoms with Crippen molar-refractivity contribution in [2.75, 3.05) is 7.11 Å². The molecule has 7 heteroatoms. The quantitative estimate of drug-likeness (QED) is 0.704. The minimum Gasteiger partial charge on any atom is -0.381 e. The molecule has 1 aromatic heterocycles. The van der Waals surface area contributed by atoms with Gasteiger partial charge in [0.2, 0.25) is 0 Å². The Morgan fingerprint density at radius 3 is 2.53 bits per heavy atom. The fourth-order valence-corrected chi connectivity index (χ4v) is 6.27. The van der Waals surface area contributed by atoms with Crippen LogP contribution in [0.25, 0.3) is 11.1 Å². The van der Waals surface area contributed by atoms with Crippen LogP contribution < -0.4 is 5.73 Å². The highest BCUT2D eigenvalue weighted by Crippen LogP contribution is 2.62. The zero-order chi connectivity index (χ0) is 22.7. The van der Waals surface area contributed by atoms with Crippen LogP contribution in [-0.4, -0.2) is 41.0 Å². The predicted octanol–water partition coefficient (Wildman–Crippen LogP) is 4.29. The third-order valence-corrected chi connectivity index (χ3v) is 7.86. The Morgan fingerprint density at radius 2 is 1.91 bits per heavy atom. The van der Waals surface area contributed by atoms with E-state index >= 15 is 0 Å². The largest absolute Gasteiger partial charge is 0.381 e. The van der Waals surface area contributed by atoms with Crippen molar-refractivity contribution >= 4 is 23.5 Å². The molecule has 0 saturated heterocycles. The van der Waals surface area contributed by atoms with Crippen molar-refractivity contribution in [2.24, 2.45) is 16.1 Å². The molecule has 2 heterocycles. The summed E-state index contributed by atoms with van der Waals surface area (Å²) in [5, 5.41) is 0.442. The monoisotopic (exact) mass is 452 g/mol. The zero-order valence-electron chi connectivity index (χ0n) is 18.8. The van der Waals surface area contributed by atoms with Crippen LogP contribution >= 0.6 is 11.6 Å². The number of ether oxygens (including phenoxy) is 1. The molecule has 3 aliphatic rings. The standard InChI is InChI=1S/C25H29ClN4O2/c1-15(2)30-22(31)25(29-23(30)27)20-12-16(17-8-11-28-21(26)13-17)4-5-18(20)14-24(25)9-6-19(32-3)7-10-24/h4-5,8,11-13,15,19H,6-7,9-10,14H2,1-3H3,(H2,27,29). The number of hydrogen-bond donors (Lipinski definition) is 1. The van der Waals surface area contributed by atoms with E-state index in [-0.39, 0.29) is 23.5 Å². The molecular formula is C25H29ClN4O2. The molecule has 6 nitrogen and oxygen atoms in total. The number of hydrogen-bond acceptors (Lipinski definition) is 5. The topological polar surface area (TPSA) is 80.8 Å². The minimum absolute atomic E-state index is 0.00419. The maximum Gasteiger partial charge on any atom is 0.262 e. The summed E-state index contributed by atoms with van der Waals surface area (Å²) in [5.74, 6) is 0.327. The molecule has 168 valence electrons. The Labute approximate surface area is 193 Å². The number of methoxy groups -OCH3 is 1. The van der Waals surface area contributed by atoms with Gasteiger partial charge in [-0.15, -0.1) is 0 Å². The van der Waals surface area contributed by atoms with Crippen LogP contribution in [0.1, 0.15) is 50.7 Å². The highest BCUT2D eigenvalue weighted by atomic mass is 35.5. The number of fused-ring (bicyclic) bond motifs is 3. The van der Waals surface area contributed by atoms with Gasteiger partial charge in [-0.2, -0.15) is 0 Å². The number of carbonyl (C=O) groups is 1. The fourth-order valence-electron chi connectivity index (χ4n) is 6.10. The molecule has 1 atom stereocenters. The lowest BCUT2D eigenvalue weighted by Gasteiger charge is -2.45. The van der Waals surface area contributed by atoms with Crippen molar-refractivity contribution in [2.45, 2.75) is 63.6 Å². The lowest BCUT2D eigenvalue weighted by atomic mass is 9.61. The Morgan fingerprint density at radius 1 is 1.19 bits per heavy atom. The smallest absolute Gasteiger partial charge is 0.262 e. The van der Waals surface area contributed by atoms with Gasteiger partial charge in [0.25, 0.3) is 5.91 Å². The lowest BCUT2D eigenvalue weighted by Crippen LogP contribution is -2.53. The van der Waals surface area contributed by atoms with Gasteiger partial charge in [-0.25, -0.2) is 9.98 Å². The van der Waals surface area contributed by atoms with Gasteiger partial charge in [0.1, 0.15) is 5.15 Å². The van der Waals surface area contributed by atoms with Gasteiger partial charge in [-0.3, -0.25) is 9.69 Å². The number of aliphatic imine (C=N–C) groups is 1. The molecule has 1 aromatic carbocycles. The van der Waals surface area contributed by atoms with E-state index in [1.54, 1.807) is 18.2 Å². The van der Waals surface area contributed by atoms with E-state index in [1.165, 1.54) is 5.56 Å². The SMILES string of the molecule is COC1CCC2(CC1)Cc1ccc(-c3ccnc(Cl)c3)cc1C21N=C(N)N(C(C)C)C1=O. The van der Waals surface area contributed by atoms with E-state index in [1.807, 2.05) is 26.0 Å². The Bertz CT molecular complexity index is 1110. The van der Waals surface area contributed by atoms with Crippen LogP contribution in [-0.2, 0) is 21.5 Å². The molecule has 1 unspecified atom stereocenters. The Balaban J connectivity index is 1.68. The van der Waals surface area contributed by atoms with Gasteiger partial charge < -0.3 is 10.5 Å². The van der Waals surface area contributed by atoms with E-state index in [9.17, 15) is 4.79 Å². The average molecular weight is 453 g/mol. The molecule has 32 heavy (non-hydrogen) atoms. The lowest BCUT2D eigenvalue weighted by molar-refractivity contribution is -0.139. The summed E-state index contributed by atoms with van der Waals surface area (Å²) in [7, 11) is 1.77. The van der Waals surface area contributed by atoms with Gasteiger partial charge in [0, 0.05) is 24.8 Å². The predicted molar refractivity (Wildman–Crippen MR) is 125 cm³/mol. The second-order valence-corrected chi connectivity index (χ2v) is 9.97. The summed E-state index contributed by atoms with van der Waals surface area (Å²) in [6.45, 7) is 3.97. The maximum atomic E-state index is 14.1. The second kappa shape index (κ2) is 7.56. The molecule has 2 spiro atoms. The molecule has 5 rings (SSSR count). The number of guanidine groups is 1. The van der Waals surface area contributed by atoms with Crippen molar-refractivity contribution < 1.29 is 9.53 Å². The summed E-state index contributed by atoms with van der Waals surface area (Å²) >= 11 is 6.15. The molecule has 0 radical (unpaired) electrons. The number of pyridine rings is 1. The number of aromatic nitrogens is 1. The van der Waals surface area contributed by atoms with Gasteiger partial charge in [0.15, 0.2) is 11.5 Å². The summed E-state index contributed by atoms with van der Waals surface area (Å²) in [5.41, 5.74) is 9.26. The van der Waals surface area contributed by atoms with Crippen LogP contribution in [0.3, 0.4) is 0 Å². The first-order chi connectivity index (χ1) is 15.3. The van der Waals surface area contributed by atoms with Crippen LogP contribution in [0.2, 0.25) is 5.15 Å². The molecule has 1 saturated carbocycles. The highest BCUT2D eigenvalue weighted by molar-refractivity contribution is 6.29. The van der Waals surface area contributed by atoms with Crippen LogP contribution in [0.4, 0.5) is 0 Å². The minimum atomic E-state index is -0.984. The van der Waals surface area contributed by atoms with E-state index in [2.05, 4.69) is 23.2 Å².